The van der Waals surface area contributed by atoms with Crippen LogP contribution in [0.25, 0.3) is 5.69 Å². The highest BCUT2D eigenvalue weighted by Gasteiger charge is 2.14. The van der Waals surface area contributed by atoms with Crippen LogP contribution in [0.1, 0.15) is 10.5 Å². The average molecular weight is 425 g/mol. The predicted molar refractivity (Wildman–Crippen MR) is 93.8 cm³/mol. The second-order valence-electron chi connectivity index (χ2n) is 4.86. The van der Waals surface area contributed by atoms with Crippen LogP contribution in [-0.2, 0) is 9.53 Å². The van der Waals surface area contributed by atoms with Crippen molar-refractivity contribution in [3.8, 4) is 5.69 Å². The molecular formula is C15H11BrClN5O3. The molecule has 0 aliphatic heterocycles. The maximum Gasteiger partial charge on any atom is 0.355 e. The SMILES string of the molecule is O=C(COC(=O)c1cc(Br)c[nH]1)Nc1cc(Cl)ccc1-n1cncn1. The number of anilines is 1. The number of hydrogen-bond acceptors (Lipinski definition) is 5. The van der Waals surface area contributed by atoms with Crippen molar-refractivity contribution in [2.75, 3.05) is 11.9 Å². The fraction of sp³-hybridized carbons (Fsp3) is 0.0667. The molecule has 10 heteroatoms. The van der Waals surface area contributed by atoms with Crippen LogP contribution in [0.3, 0.4) is 0 Å². The van der Waals surface area contributed by atoms with Crippen molar-refractivity contribution in [3.05, 3.63) is 58.3 Å². The number of aromatic nitrogens is 4. The van der Waals surface area contributed by atoms with Gasteiger partial charge in [0.05, 0.1) is 11.4 Å². The van der Waals surface area contributed by atoms with Gasteiger partial charge < -0.3 is 15.0 Å². The summed E-state index contributed by atoms with van der Waals surface area (Å²) in [5.74, 6) is -1.15. The molecule has 0 unspecified atom stereocenters. The summed E-state index contributed by atoms with van der Waals surface area (Å²) in [6, 6.07) is 6.48. The van der Waals surface area contributed by atoms with Crippen LogP contribution in [0.2, 0.25) is 5.02 Å². The number of carbonyl (C=O) groups excluding carboxylic acids is 2. The first-order valence-electron chi connectivity index (χ1n) is 6.98. The summed E-state index contributed by atoms with van der Waals surface area (Å²) < 4.78 is 7.15. The van der Waals surface area contributed by atoms with Crippen LogP contribution < -0.4 is 5.32 Å². The minimum atomic E-state index is -0.636. The number of hydrogen-bond donors (Lipinski definition) is 2. The molecule has 0 radical (unpaired) electrons. The summed E-state index contributed by atoms with van der Waals surface area (Å²) in [5.41, 5.74) is 1.24. The number of H-pyrrole nitrogens is 1. The molecule has 0 aliphatic carbocycles. The fourth-order valence-electron chi connectivity index (χ4n) is 2.02. The maximum absolute atomic E-state index is 12.1. The molecule has 1 amide bonds. The van der Waals surface area contributed by atoms with Crippen molar-refractivity contribution >= 4 is 45.1 Å². The molecule has 0 aliphatic rings. The Labute approximate surface area is 155 Å². The van der Waals surface area contributed by atoms with Gasteiger partial charge in [0.1, 0.15) is 18.3 Å². The van der Waals surface area contributed by atoms with Crippen LogP contribution in [0, 0.1) is 0 Å². The van der Waals surface area contributed by atoms with Gasteiger partial charge in [0.15, 0.2) is 6.61 Å². The second kappa shape index (κ2) is 7.49. The van der Waals surface area contributed by atoms with Crippen LogP contribution in [0.4, 0.5) is 5.69 Å². The lowest BCUT2D eigenvalue weighted by Gasteiger charge is -2.11. The molecule has 3 rings (SSSR count). The molecule has 8 nitrogen and oxygen atoms in total. The molecule has 2 aromatic heterocycles. The molecule has 0 saturated heterocycles. The molecule has 3 aromatic rings. The minimum Gasteiger partial charge on any atom is -0.451 e. The standard InChI is InChI=1S/C15H11BrClN5O3/c16-9-3-12(19-5-9)15(24)25-6-14(23)21-11-4-10(17)1-2-13(11)22-8-18-7-20-22/h1-5,7-8,19H,6H2,(H,21,23). The Hall–Kier alpha value is -2.65. The van der Waals surface area contributed by atoms with Crippen molar-refractivity contribution in [2.24, 2.45) is 0 Å². The average Bonchev–Trinajstić information content (AvgIpc) is 3.24. The number of aromatic amines is 1. The number of esters is 1. The Morgan fingerprint density at radius 1 is 1.36 bits per heavy atom. The lowest BCUT2D eigenvalue weighted by molar-refractivity contribution is -0.119. The zero-order valence-electron chi connectivity index (χ0n) is 12.6. The Bertz CT molecular complexity index is 910. The van der Waals surface area contributed by atoms with Crippen molar-refractivity contribution in [2.45, 2.75) is 0 Å². The first kappa shape index (κ1) is 17.2. The number of amides is 1. The molecule has 1 aromatic carbocycles. The van der Waals surface area contributed by atoms with Crippen LogP contribution in [0.15, 0.2) is 47.6 Å². The molecule has 0 fully saturated rings. The monoisotopic (exact) mass is 423 g/mol. The maximum atomic E-state index is 12.1. The van der Waals surface area contributed by atoms with Gasteiger partial charge in [-0.15, -0.1) is 0 Å². The molecule has 0 bridgehead atoms. The number of rotatable bonds is 5. The Balaban J connectivity index is 1.67. The van der Waals surface area contributed by atoms with Gasteiger partial charge >= 0.3 is 5.97 Å². The Kier molecular flexibility index (Phi) is 5.15. The van der Waals surface area contributed by atoms with Gasteiger partial charge in [-0.25, -0.2) is 14.5 Å². The quantitative estimate of drug-likeness (QED) is 0.613. The topological polar surface area (TPSA) is 102 Å². The van der Waals surface area contributed by atoms with Crippen molar-refractivity contribution in [3.63, 3.8) is 0 Å². The third kappa shape index (κ3) is 4.25. The summed E-state index contributed by atoms with van der Waals surface area (Å²) in [4.78, 5) is 30.5. The number of carbonyl (C=O) groups is 2. The van der Waals surface area contributed by atoms with E-state index >= 15 is 0 Å². The van der Waals surface area contributed by atoms with Gasteiger partial charge in [0.25, 0.3) is 5.91 Å². The number of benzene rings is 1. The molecule has 0 atom stereocenters. The predicted octanol–water partition coefficient (Wildman–Crippen LogP) is 2.81. The fourth-order valence-corrected chi connectivity index (χ4v) is 2.54. The van der Waals surface area contributed by atoms with Crippen LogP contribution >= 0.6 is 27.5 Å². The summed E-state index contributed by atoms with van der Waals surface area (Å²) in [5, 5.41) is 7.10. The van der Waals surface area contributed by atoms with E-state index in [0.29, 0.717) is 20.9 Å². The van der Waals surface area contributed by atoms with Gasteiger partial charge in [-0.2, -0.15) is 5.10 Å². The van der Waals surface area contributed by atoms with E-state index in [1.165, 1.54) is 17.3 Å². The van der Waals surface area contributed by atoms with Crippen molar-refractivity contribution < 1.29 is 14.3 Å². The van der Waals surface area contributed by atoms with Crippen LogP contribution in [0.5, 0.6) is 0 Å². The van der Waals surface area contributed by atoms with Crippen molar-refractivity contribution in [1.29, 1.82) is 0 Å². The molecule has 25 heavy (non-hydrogen) atoms. The third-order valence-electron chi connectivity index (χ3n) is 3.10. The Morgan fingerprint density at radius 3 is 2.88 bits per heavy atom. The molecular weight excluding hydrogens is 414 g/mol. The lowest BCUT2D eigenvalue weighted by atomic mass is 10.2. The summed E-state index contributed by atoms with van der Waals surface area (Å²) >= 11 is 9.20. The second-order valence-corrected chi connectivity index (χ2v) is 6.21. The minimum absolute atomic E-state index is 0.241. The highest BCUT2D eigenvalue weighted by molar-refractivity contribution is 9.10. The zero-order chi connectivity index (χ0) is 17.8. The normalized spacial score (nSPS) is 10.5. The number of nitrogens with one attached hydrogen (secondary N) is 2. The van der Waals surface area contributed by atoms with Gasteiger partial charge in [0.2, 0.25) is 0 Å². The molecule has 128 valence electrons. The molecule has 2 N–H and O–H groups in total. The van der Waals surface area contributed by atoms with E-state index in [1.807, 2.05) is 0 Å². The largest absolute Gasteiger partial charge is 0.451 e. The number of ether oxygens (including phenoxy) is 1. The van der Waals surface area contributed by atoms with E-state index in [2.05, 4.69) is 36.3 Å². The number of halogens is 2. The smallest absolute Gasteiger partial charge is 0.355 e. The third-order valence-corrected chi connectivity index (χ3v) is 3.79. The zero-order valence-corrected chi connectivity index (χ0v) is 14.9. The lowest BCUT2D eigenvalue weighted by Crippen LogP contribution is -2.22. The summed E-state index contributed by atoms with van der Waals surface area (Å²) in [6.45, 7) is -0.446. The number of nitrogens with zero attached hydrogens (tertiary/aromatic N) is 3. The van der Waals surface area contributed by atoms with E-state index in [9.17, 15) is 9.59 Å². The van der Waals surface area contributed by atoms with Crippen molar-refractivity contribution in [1.82, 2.24) is 19.7 Å². The Morgan fingerprint density at radius 2 is 2.20 bits per heavy atom. The van der Waals surface area contributed by atoms with Crippen LogP contribution in [-0.4, -0.2) is 38.2 Å². The van der Waals surface area contributed by atoms with E-state index in [4.69, 9.17) is 16.3 Å². The first-order chi connectivity index (χ1) is 12.0. The molecule has 2 heterocycles. The van der Waals surface area contributed by atoms with Gasteiger partial charge in [-0.3, -0.25) is 4.79 Å². The van der Waals surface area contributed by atoms with Gasteiger partial charge in [-0.05, 0) is 40.2 Å². The summed E-state index contributed by atoms with van der Waals surface area (Å²) in [6.07, 6.45) is 4.45. The van der Waals surface area contributed by atoms with E-state index in [1.54, 1.807) is 30.5 Å². The molecule has 0 saturated carbocycles. The first-order valence-corrected chi connectivity index (χ1v) is 8.15. The highest BCUT2D eigenvalue weighted by atomic mass is 79.9. The van der Waals surface area contributed by atoms with E-state index in [-0.39, 0.29) is 5.69 Å². The van der Waals surface area contributed by atoms with Gasteiger partial charge in [-0.1, -0.05) is 11.6 Å². The molecule has 0 spiro atoms. The van der Waals surface area contributed by atoms with E-state index in [0.717, 1.165) is 0 Å². The summed E-state index contributed by atoms with van der Waals surface area (Å²) in [7, 11) is 0. The van der Waals surface area contributed by atoms with Gasteiger partial charge in [0, 0.05) is 15.7 Å². The van der Waals surface area contributed by atoms with E-state index < -0.39 is 18.5 Å². The highest BCUT2D eigenvalue weighted by Crippen LogP contribution is 2.23.